The lowest BCUT2D eigenvalue weighted by molar-refractivity contribution is -0.138. The van der Waals surface area contributed by atoms with Crippen molar-refractivity contribution >= 4 is 12.1 Å². The van der Waals surface area contributed by atoms with Crippen LogP contribution in [0.15, 0.2) is 11.6 Å². The number of hydrogen-bond donors (Lipinski definition) is 1. The third-order valence-corrected chi connectivity index (χ3v) is 3.92. The van der Waals surface area contributed by atoms with E-state index in [9.17, 15) is 9.59 Å². The molecule has 1 aliphatic rings. The Labute approximate surface area is 139 Å². The first-order valence-corrected chi connectivity index (χ1v) is 8.54. The molecule has 0 radical (unpaired) electrons. The summed E-state index contributed by atoms with van der Waals surface area (Å²) in [6.07, 6.45) is 6.54. The van der Waals surface area contributed by atoms with E-state index in [0.29, 0.717) is 18.1 Å². The average molecular weight is 325 g/mol. The van der Waals surface area contributed by atoms with Crippen LogP contribution >= 0.6 is 0 Å². The van der Waals surface area contributed by atoms with Gasteiger partial charge in [-0.25, -0.2) is 9.59 Å². The molecular formula is C18H31NO4. The van der Waals surface area contributed by atoms with Crippen LogP contribution in [0.3, 0.4) is 0 Å². The molecule has 0 aromatic carbocycles. The van der Waals surface area contributed by atoms with Gasteiger partial charge in [0.15, 0.2) is 0 Å². The zero-order chi connectivity index (χ0) is 17.5. The van der Waals surface area contributed by atoms with Gasteiger partial charge in [-0.15, -0.1) is 0 Å². The van der Waals surface area contributed by atoms with Gasteiger partial charge < -0.3 is 14.8 Å². The van der Waals surface area contributed by atoms with E-state index < -0.39 is 5.60 Å². The van der Waals surface area contributed by atoms with Crippen molar-refractivity contribution in [1.29, 1.82) is 0 Å². The predicted octanol–water partition coefficient (Wildman–Crippen LogP) is 3.97. The SMILES string of the molecule is CCOC(=O)/C(C)=C/CC1CCC(NC(=O)OC(C)(C)C)CC1. The molecule has 1 saturated carbocycles. The lowest BCUT2D eigenvalue weighted by atomic mass is 9.84. The van der Waals surface area contributed by atoms with Crippen molar-refractivity contribution in [2.45, 2.75) is 78.4 Å². The molecule has 0 aromatic heterocycles. The molecule has 1 N–H and O–H groups in total. The summed E-state index contributed by atoms with van der Waals surface area (Å²) in [6, 6.07) is 0.191. The van der Waals surface area contributed by atoms with Gasteiger partial charge in [-0.1, -0.05) is 6.08 Å². The topological polar surface area (TPSA) is 64.6 Å². The molecule has 1 rings (SSSR count). The normalized spacial score (nSPS) is 22.4. The Morgan fingerprint density at radius 2 is 1.78 bits per heavy atom. The summed E-state index contributed by atoms with van der Waals surface area (Å²) >= 11 is 0. The first kappa shape index (κ1) is 19.5. The molecular weight excluding hydrogens is 294 g/mol. The lowest BCUT2D eigenvalue weighted by Crippen LogP contribution is -2.40. The number of carbonyl (C=O) groups is 2. The van der Waals surface area contributed by atoms with E-state index >= 15 is 0 Å². The maximum absolute atomic E-state index is 11.8. The maximum atomic E-state index is 11.8. The van der Waals surface area contributed by atoms with Crippen molar-refractivity contribution in [2.75, 3.05) is 6.61 Å². The van der Waals surface area contributed by atoms with Crippen LogP contribution < -0.4 is 5.32 Å². The fourth-order valence-electron chi connectivity index (χ4n) is 2.69. The second-order valence-electron chi connectivity index (χ2n) is 7.21. The fourth-order valence-corrected chi connectivity index (χ4v) is 2.69. The highest BCUT2D eigenvalue weighted by atomic mass is 16.6. The number of amides is 1. The highest BCUT2D eigenvalue weighted by Crippen LogP contribution is 2.27. The molecule has 0 atom stereocenters. The number of hydrogen-bond acceptors (Lipinski definition) is 4. The average Bonchev–Trinajstić information content (AvgIpc) is 2.44. The van der Waals surface area contributed by atoms with Gasteiger partial charge in [-0.05, 0) is 72.6 Å². The molecule has 0 unspecified atom stereocenters. The van der Waals surface area contributed by atoms with Crippen molar-refractivity contribution in [3.8, 4) is 0 Å². The number of esters is 1. The Morgan fingerprint density at radius 3 is 2.30 bits per heavy atom. The van der Waals surface area contributed by atoms with E-state index in [2.05, 4.69) is 5.32 Å². The number of ether oxygens (including phenoxy) is 2. The Bertz CT molecular complexity index is 429. The van der Waals surface area contributed by atoms with E-state index in [0.717, 1.165) is 32.1 Å². The monoisotopic (exact) mass is 325 g/mol. The Balaban J connectivity index is 2.31. The minimum atomic E-state index is -0.462. The van der Waals surface area contributed by atoms with E-state index in [1.54, 1.807) is 6.92 Å². The van der Waals surface area contributed by atoms with Gasteiger partial charge in [0.1, 0.15) is 5.60 Å². The summed E-state index contributed by atoms with van der Waals surface area (Å²) in [5.74, 6) is 0.337. The zero-order valence-corrected chi connectivity index (χ0v) is 15.1. The predicted molar refractivity (Wildman–Crippen MR) is 90.1 cm³/mol. The van der Waals surface area contributed by atoms with E-state index in [4.69, 9.17) is 9.47 Å². The third kappa shape index (κ3) is 8.05. The second-order valence-corrected chi connectivity index (χ2v) is 7.21. The van der Waals surface area contributed by atoms with Gasteiger partial charge in [0.25, 0.3) is 0 Å². The summed E-state index contributed by atoms with van der Waals surface area (Å²) in [4.78, 5) is 23.3. The maximum Gasteiger partial charge on any atom is 0.407 e. The van der Waals surface area contributed by atoms with Crippen LogP contribution in [0.5, 0.6) is 0 Å². The number of allylic oxidation sites excluding steroid dienone is 1. The summed E-state index contributed by atoms with van der Waals surface area (Å²) in [7, 11) is 0. The standard InChI is InChI=1S/C18H31NO4/c1-6-22-16(20)13(2)7-8-14-9-11-15(12-10-14)19-17(21)23-18(3,4)5/h7,14-15H,6,8-12H2,1-5H3,(H,19,21)/b13-7+. The quantitative estimate of drug-likeness (QED) is 0.613. The van der Waals surface area contributed by atoms with Crippen LogP contribution in [-0.2, 0) is 14.3 Å². The molecule has 5 heteroatoms. The van der Waals surface area contributed by atoms with Crippen molar-refractivity contribution < 1.29 is 19.1 Å². The van der Waals surface area contributed by atoms with Crippen LogP contribution in [0.25, 0.3) is 0 Å². The first-order valence-electron chi connectivity index (χ1n) is 8.54. The van der Waals surface area contributed by atoms with Crippen molar-refractivity contribution in [1.82, 2.24) is 5.32 Å². The van der Waals surface area contributed by atoms with Crippen LogP contribution in [-0.4, -0.2) is 30.3 Å². The summed E-state index contributed by atoms with van der Waals surface area (Å²) < 4.78 is 10.3. The first-order chi connectivity index (χ1) is 10.7. The molecule has 1 amide bonds. The minimum absolute atomic E-state index is 0.191. The van der Waals surface area contributed by atoms with Gasteiger partial charge >= 0.3 is 12.1 Å². The molecule has 0 saturated heterocycles. The highest BCUT2D eigenvalue weighted by molar-refractivity contribution is 5.87. The molecule has 0 aromatic rings. The molecule has 5 nitrogen and oxygen atoms in total. The summed E-state index contributed by atoms with van der Waals surface area (Å²) in [5, 5.41) is 2.95. The number of rotatable bonds is 5. The third-order valence-electron chi connectivity index (χ3n) is 3.92. The smallest absolute Gasteiger partial charge is 0.407 e. The van der Waals surface area contributed by atoms with Gasteiger partial charge in [0.05, 0.1) is 6.61 Å². The van der Waals surface area contributed by atoms with Gasteiger partial charge in [0.2, 0.25) is 0 Å². The second kappa shape index (κ2) is 8.94. The van der Waals surface area contributed by atoms with Crippen LogP contribution in [0, 0.1) is 5.92 Å². The summed E-state index contributed by atoms with van der Waals surface area (Å²) in [6.45, 7) is 9.61. The minimum Gasteiger partial charge on any atom is -0.463 e. The van der Waals surface area contributed by atoms with Gasteiger partial charge in [-0.3, -0.25) is 0 Å². The van der Waals surface area contributed by atoms with Crippen LogP contribution in [0.2, 0.25) is 0 Å². The number of nitrogens with one attached hydrogen (secondary N) is 1. The fraction of sp³-hybridized carbons (Fsp3) is 0.778. The van der Waals surface area contributed by atoms with Gasteiger partial charge in [-0.2, -0.15) is 0 Å². The summed E-state index contributed by atoms with van der Waals surface area (Å²) in [5.41, 5.74) is 0.220. The molecule has 0 aliphatic heterocycles. The Hall–Kier alpha value is -1.52. The Kier molecular flexibility index (Phi) is 7.59. The zero-order valence-electron chi connectivity index (χ0n) is 15.1. The number of alkyl carbamates (subject to hydrolysis) is 1. The lowest BCUT2D eigenvalue weighted by Gasteiger charge is -2.29. The largest absolute Gasteiger partial charge is 0.463 e. The van der Waals surface area contributed by atoms with Gasteiger partial charge in [0, 0.05) is 11.6 Å². The van der Waals surface area contributed by atoms with E-state index in [1.165, 1.54) is 0 Å². The molecule has 0 heterocycles. The molecule has 0 spiro atoms. The van der Waals surface area contributed by atoms with Crippen LogP contribution in [0.1, 0.15) is 66.7 Å². The van der Waals surface area contributed by atoms with Crippen molar-refractivity contribution in [3.63, 3.8) is 0 Å². The molecule has 23 heavy (non-hydrogen) atoms. The highest BCUT2D eigenvalue weighted by Gasteiger charge is 2.24. The van der Waals surface area contributed by atoms with E-state index in [1.807, 2.05) is 33.8 Å². The molecule has 132 valence electrons. The molecule has 1 aliphatic carbocycles. The van der Waals surface area contributed by atoms with Crippen molar-refractivity contribution in [2.24, 2.45) is 5.92 Å². The molecule has 1 fully saturated rings. The number of carbonyl (C=O) groups excluding carboxylic acids is 2. The van der Waals surface area contributed by atoms with Crippen LogP contribution in [0.4, 0.5) is 4.79 Å². The Morgan fingerprint density at radius 1 is 1.17 bits per heavy atom. The van der Waals surface area contributed by atoms with Crippen molar-refractivity contribution in [3.05, 3.63) is 11.6 Å². The van der Waals surface area contributed by atoms with E-state index in [-0.39, 0.29) is 18.1 Å². The molecule has 0 bridgehead atoms.